The third kappa shape index (κ3) is 2.86. The van der Waals surface area contributed by atoms with Crippen LogP contribution in [-0.2, 0) is 4.79 Å². The summed E-state index contributed by atoms with van der Waals surface area (Å²) in [4.78, 5) is 15.5. The first kappa shape index (κ1) is 18.6. The molecule has 8 heteroatoms. The van der Waals surface area contributed by atoms with Gasteiger partial charge < -0.3 is 10.3 Å². The van der Waals surface area contributed by atoms with Gasteiger partial charge in [-0.1, -0.05) is 6.07 Å². The molecule has 0 saturated carbocycles. The van der Waals surface area contributed by atoms with Crippen LogP contribution in [0.2, 0.25) is 0 Å². The van der Waals surface area contributed by atoms with E-state index < -0.39 is 10.8 Å². The van der Waals surface area contributed by atoms with E-state index in [9.17, 15) is 18.3 Å². The molecule has 0 bridgehead atoms. The number of nitrogens with one attached hydrogen (secondary N) is 2. The van der Waals surface area contributed by atoms with Gasteiger partial charge in [0.1, 0.15) is 5.82 Å². The van der Waals surface area contributed by atoms with Gasteiger partial charge in [0.25, 0.3) is 0 Å². The van der Waals surface area contributed by atoms with Gasteiger partial charge in [0.15, 0.2) is 0 Å². The van der Waals surface area contributed by atoms with Crippen LogP contribution in [0.4, 0.5) is 4.39 Å². The van der Waals surface area contributed by atoms with Gasteiger partial charge in [-0.25, -0.2) is 4.39 Å². The van der Waals surface area contributed by atoms with Gasteiger partial charge >= 0.3 is 0 Å². The standard InChI is InChI=1S/C21H22FN3O3S/c1-12-17-8-13(18-11-24-19-9-14(22)3-4-16(18)19)2-5-20(17)29(27,28)25(12)15-6-7-23-21(26)10-15/h2-5,8-9,11-12,15,24,27-28H,6-7,10H2,1H3,(H,23,26)/t12-,15?/m0/s1. The molecule has 3 heterocycles. The number of aromatic amines is 1. The van der Waals surface area contributed by atoms with Gasteiger partial charge in [-0.2, -0.15) is 4.31 Å². The molecule has 0 aliphatic carbocycles. The molecule has 4 N–H and O–H groups in total. The molecule has 1 fully saturated rings. The Morgan fingerprint density at radius 2 is 2.03 bits per heavy atom. The van der Waals surface area contributed by atoms with Crippen molar-refractivity contribution in [2.75, 3.05) is 6.54 Å². The van der Waals surface area contributed by atoms with Gasteiger partial charge in [0.2, 0.25) is 5.91 Å². The lowest BCUT2D eigenvalue weighted by atomic mass is 9.98. The number of nitrogens with zero attached hydrogens (tertiary/aromatic N) is 1. The summed E-state index contributed by atoms with van der Waals surface area (Å²) < 4.78 is 37.3. The van der Waals surface area contributed by atoms with Crippen LogP contribution in [0.3, 0.4) is 0 Å². The Hall–Kier alpha value is -2.39. The van der Waals surface area contributed by atoms with Crippen molar-refractivity contribution in [3.05, 3.63) is 54.0 Å². The Balaban J connectivity index is 1.56. The predicted molar refractivity (Wildman–Crippen MR) is 111 cm³/mol. The van der Waals surface area contributed by atoms with Crippen LogP contribution in [0.1, 0.15) is 31.4 Å². The molecule has 152 valence electrons. The number of hydrogen-bond donors (Lipinski definition) is 4. The number of halogens is 1. The summed E-state index contributed by atoms with van der Waals surface area (Å²) in [5.74, 6) is -0.360. The molecule has 3 aromatic rings. The highest BCUT2D eigenvalue weighted by Gasteiger charge is 2.45. The first-order valence-corrected chi connectivity index (χ1v) is 11.1. The zero-order valence-corrected chi connectivity index (χ0v) is 16.7. The monoisotopic (exact) mass is 415 g/mol. The van der Waals surface area contributed by atoms with Crippen LogP contribution in [0.5, 0.6) is 0 Å². The van der Waals surface area contributed by atoms with Crippen molar-refractivity contribution in [3.63, 3.8) is 0 Å². The topological polar surface area (TPSA) is 88.6 Å². The van der Waals surface area contributed by atoms with Crippen molar-refractivity contribution in [2.24, 2.45) is 0 Å². The van der Waals surface area contributed by atoms with Crippen LogP contribution < -0.4 is 5.32 Å². The van der Waals surface area contributed by atoms with E-state index in [2.05, 4.69) is 10.3 Å². The molecule has 2 aliphatic rings. The summed E-state index contributed by atoms with van der Waals surface area (Å²) in [7, 11) is -3.16. The Morgan fingerprint density at radius 1 is 1.21 bits per heavy atom. The fraction of sp³-hybridized carbons (Fsp3) is 0.286. The third-order valence-corrected chi connectivity index (χ3v) is 8.13. The number of H-pyrrole nitrogens is 1. The van der Waals surface area contributed by atoms with Gasteiger partial charge in [-0.15, -0.1) is 10.8 Å². The minimum atomic E-state index is -3.16. The van der Waals surface area contributed by atoms with E-state index in [1.54, 1.807) is 16.4 Å². The number of fused-ring (bicyclic) bond motifs is 2. The van der Waals surface area contributed by atoms with Crippen LogP contribution in [0.25, 0.3) is 22.0 Å². The molecule has 1 aromatic heterocycles. The van der Waals surface area contributed by atoms with Gasteiger partial charge in [-0.3, -0.25) is 13.9 Å². The summed E-state index contributed by atoms with van der Waals surface area (Å²) in [6.45, 7) is 2.48. The van der Waals surface area contributed by atoms with E-state index in [1.165, 1.54) is 12.1 Å². The zero-order valence-electron chi connectivity index (χ0n) is 15.9. The summed E-state index contributed by atoms with van der Waals surface area (Å²) in [6.07, 6.45) is 2.78. The van der Waals surface area contributed by atoms with Crippen LogP contribution in [-0.4, -0.2) is 36.9 Å². The molecule has 6 nitrogen and oxygen atoms in total. The van der Waals surface area contributed by atoms with Gasteiger partial charge in [0, 0.05) is 41.7 Å². The third-order valence-electron chi connectivity index (χ3n) is 5.97. The van der Waals surface area contributed by atoms with Crippen molar-refractivity contribution in [1.29, 1.82) is 0 Å². The Labute approximate surface area is 169 Å². The van der Waals surface area contributed by atoms with E-state index in [4.69, 9.17) is 0 Å². The maximum absolute atomic E-state index is 13.5. The summed E-state index contributed by atoms with van der Waals surface area (Å²) in [5, 5.41) is 3.70. The molecule has 1 saturated heterocycles. The second-order valence-corrected chi connectivity index (χ2v) is 9.60. The average molecular weight is 415 g/mol. The average Bonchev–Trinajstić information content (AvgIpc) is 3.18. The molecule has 2 atom stereocenters. The first-order chi connectivity index (χ1) is 13.9. The Bertz CT molecular complexity index is 1130. The van der Waals surface area contributed by atoms with Gasteiger partial charge in [-0.05, 0) is 54.8 Å². The van der Waals surface area contributed by atoms with Crippen LogP contribution >= 0.6 is 10.8 Å². The van der Waals surface area contributed by atoms with Crippen molar-refractivity contribution in [3.8, 4) is 11.1 Å². The Kier molecular flexibility index (Phi) is 4.22. The summed E-state index contributed by atoms with van der Waals surface area (Å²) in [5.41, 5.74) is 3.42. The van der Waals surface area contributed by atoms with Gasteiger partial charge in [0.05, 0.1) is 10.9 Å². The number of carbonyl (C=O) groups is 1. The summed E-state index contributed by atoms with van der Waals surface area (Å²) in [6, 6.07) is 9.80. The smallest absolute Gasteiger partial charge is 0.221 e. The minimum absolute atomic E-state index is 0.0636. The van der Waals surface area contributed by atoms with E-state index in [0.717, 1.165) is 22.1 Å². The van der Waals surface area contributed by atoms with Crippen molar-refractivity contribution < 1.29 is 18.3 Å². The SMILES string of the molecule is C[C@H]1c2cc(-c3c[nH]c4cc(F)ccc34)ccc2S(O)(O)N1C1CCNC(=O)C1. The largest absolute Gasteiger partial charge is 0.360 e. The number of aromatic nitrogens is 1. The molecule has 2 aromatic carbocycles. The van der Waals surface area contributed by atoms with Crippen molar-refractivity contribution >= 4 is 27.6 Å². The fourth-order valence-corrected chi connectivity index (χ4v) is 6.78. The number of carbonyl (C=O) groups excluding carboxylic acids is 1. The van der Waals surface area contributed by atoms with Crippen molar-refractivity contribution in [2.45, 2.75) is 36.7 Å². The van der Waals surface area contributed by atoms with E-state index in [-0.39, 0.29) is 30.2 Å². The van der Waals surface area contributed by atoms with E-state index in [1.807, 2.05) is 25.3 Å². The second-order valence-electron chi connectivity index (χ2n) is 7.70. The maximum atomic E-state index is 13.5. The minimum Gasteiger partial charge on any atom is -0.360 e. The highest BCUT2D eigenvalue weighted by molar-refractivity contribution is 8.22. The molecular formula is C21H22FN3O3S. The lowest BCUT2D eigenvalue weighted by molar-refractivity contribution is -0.123. The molecular weight excluding hydrogens is 393 g/mol. The van der Waals surface area contributed by atoms with Crippen LogP contribution in [0.15, 0.2) is 47.5 Å². The molecule has 1 unspecified atom stereocenters. The molecule has 2 aliphatic heterocycles. The lowest BCUT2D eigenvalue weighted by Crippen LogP contribution is -2.45. The quantitative estimate of drug-likeness (QED) is 0.490. The predicted octanol–water partition coefficient (Wildman–Crippen LogP) is 4.65. The van der Waals surface area contributed by atoms with Crippen LogP contribution in [0, 0.1) is 5.82 Å². The van der Waals surface area contributed by atoms with E-state index in [0.29, 0.717) is 23.4 Å². The number of piperidine rings is 1. The van der Waals surface area contributed by atoms with Crippen molar-refractivity contribution in [1.82, 2.24) is 14.6 Å². The molecule has 0 radical (unpaired) electrons. The maximum Gasteiger partial charge on any atom is 0.221 e. The first-order valence-electron chi connectivity index (χ1n) is 9.60. The normalized spacial score (nSPS) is 25.0. The molecule has 1 amide bonds. The zero-order chi connectivity index (χ0) is 20.3. The second kappa shape index (κ2) is 6.56. The molecule has 5 rings (SSSR count). The molecule has 0 spiro atoms. The number of hydrogen-bond acceptors (Lipinski definition) is 4. The fourth-order valence-electron chi connectivity index (χ4n) is 4.61. The summed E-state index contributed by atoms with van der Waals surface area (Å²) >= 11 is 0. The highest BCUT2D eigenvalue weighted by atomic mass is 32.3. The molecule has 29 heavy (non-hydrogen) atoms. The Morgan fingerprint density at radius 3 is 2.83 bits per heavy atom. The number of rotatable bonds is 2. The number of benzene rings is 2. The highest BCUT2D eigenvalue weighted by Crippen LogP contribution is 2.65. The lowest BCUT2D eigenvalue weighted by Gasteiger charge is -2.44. The van der Waals surface area contributed by atoms with E-state index >= 15 is 0 Å². The number of amides is 1.